The van der Waals surface area contributed by atoms with E-state index in [9.17, 15) is 5.11 Å². The van der Waals surface area contributed by atoms with Gasteiger partial charge < -0.3 is 5.11 Å². The van der Waals surface area contributed by atoms with Gasteiger partial charge in [0, 0.05) is 63.7 Å². The maximum Gasteiger partial charge on any atom is 0.0534 e. The fourth-order valence-corrected chi connectivity index (χ4v) is 3.26. The van der Waals surface area contributed by atoms with Crippen LogP contribution in [0.4, 0.5) is 0 Å². The summed E-state index contributed by atoms with van der Waals surface area (Å²) in [7, 11) is 0. The molecule has 0 saturated carbocycles. The van der Waals surface area contributed by atoms with E-state index in [4.69, 9.17) is 0 Å². The second kappa shape index (κ2) is 7.57. The van der Waals surface area contributed by atoms with Gasteiger partial charge in [0.2, 0.25) is 0 Å². The Morgan fingerprint density at radius 2 is 2.09 bits per heavy atom. The predicted molar refractivity (Wildman–Crippen MR) is 89.7 cm³/mol. The summed E-state index contributed by atoms with van der Waals surface area (Å²) in [6.45, 7) is 15.4. The molecule has 126 valence electrons. The van der Waals surface area contributed by atoms with Gasteiger partial charge in [0.25, 0.3) is 0 Å². The smallest absolute Gasteiger partial charge is 0.0534 e. The Morgan fingerprint density at radius 3 is 2.68 bits per heavy atom. The Labute approximate surface area is 134 Å². The molecule has 0 aliphatic carbocycles. The summed E-state index contributed by atoms with van der Waals surface area (Å²) in [4.78, 5) is 5.05. The minimum atomic E-state index is 0.271. The maximum absolute atomic E-state index is 9.39. The molecule has 5 heteroatoms. The van der Waals surface area contributed by atoms with Crippen molar-refractivity contribution in [2.75, 3.05) is 32.8 Å². The molecule has 0 unspecified atom stereocenters. The first-order chi connectivity index (χ1) is 10.4. The summed E-state index contributed by atoms with van der Waals surface area (Å²) in [6, 6.07) is 0.458. The van der Waals surface area contributed by atoms with Crippen molar-refractivity contribution in [2.24, 2.45) is 5.41 Å². The molecule has 1 atom stereocenters. The van der Waals surface area contributed by atoms with Gasteiger partial charge in [-0.05, 0) is 18.8 Å². The first-order valence-corrected chi connectivity index (χ1v) is 8.50. The van der Waals surface area contributed by atoms with E-state index in [1.165, 1.54) is 5.56 Å². The summed E-state index contributed by atoms with van der Waals surface area (Å²) in [6.07, 6.45) is 4.98. The van der Waals surface area contributed by atoms with Crippen LogP contribution in [0.25, 0.3) is 0 Å². The van der Waals surface area contributed by atoms with Gasteiger partial charge in [-0.15, -0.1) is 0 Å². The summed E-state index contributed by atoms with van der Waals surface area (Å²) < 4.78 is 1.98. The summed E-state index contributed by atoms with van der Waals surface area (Å²) in [5, 5.41) is 13.7. The van der Waals surface area contributed by atoms with Gasteiger partial charge in [-0.25, -0.2) is 0 Å². The van der Waals surface area contributed by atoms with Crippen LogP contribution < -0.4 is 0 Å². The average Bonchev–Trinajstić information content (AvgIpc) is 2.88. The quantitative estimate of drug-likeness (QED) is 0.871. The van der Waals surface area contributed by atoms with Gasteiger partial charge in [-0.2, -0.15) is 5.10 Å². The number of hydrogen-bond donors (Lipinski definition) is 1. The van der Waals surface area contributed by atoms with E-state index >= 15 is 0 Å². The molecule has 2 rings (SSSR count). The molecule has 2 heterocycles. The molecule has 0 spiro atoms. The van der Waals surface area contributed by atoms with Gasteiger partial charge in [0.05, 0.1) is 6.20 Å². The van der Waals surface area contributed by atoms with Crippen LogP contribution in [0, 0.1) is 5.41 Å². The third kappa shape index (κ3) is 5.07. The molecule has 1 fully saturated rings. The van der Waals surface area contributed by atoms with E-state index in [1.54, 1.807) is 0 Å². The van der Waals surface area contributed by atoms with Crippen LogP contribution in [0.5, 0.6) is 0 Å². The molecule has 5 nitrogen and oxygen atoms in total. The number of nitrogens with zero attached hydrogens (tertiary/aromatic N) is 4. The van der Waals surface area contributed by atoms with Crippen molar-refractivity contribution in [2.45, 2.75) is 53.2 Å². The lowest BCUT2D eigenvalue weighted by Crippen LogP contribution is -2.54. The molecule has 22 heavy (non-hydrogen) atoms. The molecule has 0 amide bonds. The van der Waals surface area contributed by atoms with Crippen LogP contribution in [0.15, 0.2) is 12.4 Å². The molecule has 1 aliphatic heterocycles. The number of aliphatic hydroxyl groups excluding tert-OH is 1. The summed E-state index contributed by atoms with van der Waals surface area (Å²) >= 11 is 0. The average molecular weight is 308 g/mol. The van der Waals surface area contributed by atoms with E-state index in [1.807, 2.05) is 10.9 Å². The molecule has 0 radical (unpaired) electrons. The van der Waals surface area contributed by atoms with E-state index in [2.05, 4.69) is 48.8 Å². The van der Waals surface area contributed by atoms with Crippen molar-refractivity contribution in [3.63, 3.8) is 0 Å². The third-order valence-corrected chi connectivity index (χ3v) is 4.25. The van der Waals surface area contributed by atoms with Crippen molar-refractivity contribution < 1.29 is 5.11 Å². The van der Waals surface area contributed by atoms with Crippen molar-refractivity contribution in [3.8, 4) is 0 Å². The molecule has 0 bridgehead atoms. The topological polar surface area (TPSA) is 44.5 Å². The Bertz CT molecular complexity index is 452. The second-order valence-electron chi connectivity index (χ2n) is 7.64. The Morgan fingerprint density at radius 1 is 1.32 bits per heavy atom. The van der Waals surface area contributed by atoms with Gasteiger partial charge in [-0.1, -0.05) is 20.8 Å². The highest BCUT2D eigenvalue weighted by molar-refractivity contribution is 5.04. The summed E-state index contributed by atoms with van der Waals surface area (Å²) in [5.74, 6) is 0. The molecular weight excluding hydrogens is 276 g/mol. The molecule has 1 aromatic rings. The maximum atomic E-state index is 9.39. The molecule has 1 saturated heterocycles. The fraction of sp³-hybridized carbons (Fsp3) is 0.824. The highest BCUT2D eigenvalue weighted by atomic mass is 16.3. The zero-order chi connectivity index (χ0) is 16.2. The zero-order valence-corrected chi connectivity index (χ0v) is 14.6. The van der Waals surface area contributed by atoms with Crippen LogP contribution in [0.3, 0.4) is 0 Å². The van der Waals surface area contributed by atoms with Crippen molar-refractivity contribution in [3.05, 3.63) is 18.0 Å². The van der Waals surface area contributed by atoms with Gasteiger partial charge in [0.1, 0.15) is 0 Å². The molecule has 1 aliphatic rings. The van der Waals surface area contributed by atoms with E-state index in [0.717, 1.165) is 45.7 Å². The first kappa shape index (κ1) is 17.4. The Kier molecular flexibility index (Phi) is 6.01. The predicted octanol–water partition coefficient (Wildman–Crippen LogP) is 1.82. The van der Waals surface area contributed by atoms with Crippen LogP contribution in [-0.2, 0) is 13.1 Å². The zero-order valence-electron chi connectivity index (χ0n) is 14.6. The van der Waals surface area contributed by atoms with Crippen LogP contribution in [0.1, 0.15) is 39.7 Å². The number of rotatable bonds is 6. The van der Waals surface area contributed by atoms with Crippen molar-refractivity contribution in [1.82, 2.24) is 19.6 Å². The molecule has 1 N–H and O–H groups in total. The van der Waals surface area contributed by atoms with Gasteiger partial charge in [0.15, 0.2) is 0 Å². The third-order valence-electron chi connectivity index (χ3n) is 4.25. The van der Waals surface area contributed by atoms with Crippen LogP contribution in [0.2, 0.25) is 0 Å². The fourth-order valence-electron chi connectivity index (χ4n) is 3.26. The molecular formula is C17H32N4O. The number of hydrogen-bond acceptors (Lipinski definition) is 4. The van der Waals surface area contributed by atoms with E-state index in [0.29, 0.717) is 11.5 Å². The first-order valence-electron chi connectivity index (χ1n) is 8.50. The van der Waals surface area contributed by atoms with E-state index in [-0.39, 0.29) is 6.61 Å². The Hall–Kier alpha value is -0.910. The highest BCUT2D eigenvalue weighted by Gasteiger charge is 2.29. The van der Waals surface area contributed by atoms with Gasteiger partial charge >= 0.3 is 0 Å². The lowest BCUT2D eigenvalue weighted by Gasteiger charge is -2.43. The number of aromatic nitrogens is 2. The lowest BCUT2D eigenvalue weighted by molar-refractivity contribution is 0.0340. The monoisotopic (exact) mass is 308 g/mol. The lowest BCUT2D eigenvalue weighted by atomic mass is 9.94. The second-order valence-corrected chi connectivity index (χ2v) is 7.64. The van der Waals surface area contributed by atoms with Crippen LogP contribution >= 0.6 is 0 Å². The Balaban J connectivity index is 1.93. The highest BCUT2D eigenvalue weighted by Crippen LogP contribution is 2.22. The van der Waals surface area contributed by atoms with Crippen molar-refractivity contribution >= 4 is 0 Å². The normalized spacial score (nSPS) is 21.4. The summed E-state index contributed by atoms with van der Waals surface area (Å²) in [5.41, 5.74) is 1.59. The minimum absolute atomic E-state index is 0.271. The minimum Gasteiger partial charge on any atom is -0.396 e. The van der Waals surface area contributed by atoms with E-state index < -0.39 is 0 Å². The number of aliphatic hydroxyl groups is 1. The van der Waals surface area contributed by atoms with Crippen LogP contribution in [-0.4, -0.2) is 63.5 Å². The van der Waals surface area contributed by atoms with Gasteiger partial charge in [-0.3, -0.25) is 14.5 Å². The SMILES string of the molecule is CCn1cc(CN2CCN(CC(C)(C)C)[C@H](CCO)C2)cn1. The largest absolute Gasteiger partial charge is 0.396 e. The van der Waals surface area contributed by atoms with Crippen molar-refractivity contribution in [1.29, 1.82) is 0 Å². The molecule has 0 aromatic carbocycles. The molecule has 1 aromatic heterocycles. The number of piperazine rings is 1. The standard InChI is InChI=1S/C17H32N4O/c1-5-21-12-15(10-18-21)11-19-7-8-20(14-17(2,3)4)16(13-19)6-9-22/h10,12,16,22H,5-9,11,13-14H2,1-4H3/t16-/m1/s1. The number of aryl methyl sites for hydroxylation is 1.